The number of likely N-dealkylation sites (tertiary alicyclic amines) is 1. The summed E-state index contributed by atoms with van der Waals surface area (Å²) in [5.74, 6) is -1.96. The Morgan fingerprint density at radius 1 is 1.25 bits per heavy atom. The Balaban J connectivity index is 1.96. The Hall–Kier alpha value is -1.95. The van der Waals surface area contributed by atoms with E-state index < -0.39 is 17.4 Å². The molecule has 1 amide bonds. The van der Waals surface area contributed by atoms with Crippen LogP contribution in [-0.2, 0) is 16.0 Å². The molecule has 0 aromatic heterocycles. The monoisotopic (exact) mass is 281 g/mol. The van der Waals surface area contributed by atoms with Crippen LogP contribution in [0.25, 0.3) is 0 Å². The quantitative estimate of drug-likeness (QED) is 0.859. The molecule has 2 rings (SSSR count). The number of carboxylic acids is 1. The first-order chi connectivity index (χ1) is 9.42. The van der Waals surface area contributed by atoms with Crippen LogP contribution >= 0.6 is 0 Å². The maximum Gasteiger partial charge on any atom is 0.335 e. The minimum atomic E-state index is -1.76. The first-order valence-corrected chi connectivity index (χ1v) is 6.39. The fraction of sp³-hybridized carbons (Fsp3) is 0.429. The van der Waals surface area contributed by atoms with Gasteiger partial charge in [-0.25, -0.2) is 9.18 Å². The number of aliphatic hydroxyl groups is 1. The zero-order chi connectivity index (χ0) is 14.8. The number of hydrogen-bond donors (Lipinski definition) is 2. The fourth-order valence-corrected chi connectivity index (χ4v) is 2.26. The number of piperidine rings is 1. The van der Waals surface area contributed by atoms with Crippen LogP contribution in [0.5, 0.6) is 0 Å². The van der Waals surface area contributed by atoms with Gasteiger partial charge in [-0.05, 0) is 11.6 Å². The number of carbonyl (C=O) groups excluding carboxylic acids is 1. The molecule has 2 N–H and O–H groups in total. The largest absolute Gasteiger partial charge is 0.479 e. The van der Waals surface area contributed by atoms with Crippen LogP contribution in [0.3, 0.4) is 0 Å². The van der Waals surface area contributed by atoms with E-state index in [0.29, 0.717) is 5.56 Å². The van der Waals surface area contributed by atoms with Gasteiger partial charge >= 0.3 is 5.97 Å². The molecule has 0 atom stereocenters. The molecule has 1 aliphatic heterocycles. The van der Waals surface area contributed by atoms with Gasteiger partial charge in [0.05, 0.1) is 6.42 Å². The van der Waals surface area contributed by atoms with E-state index in [1.165, 1.54) is 11.0 Å². The highest BCUT2D eigenvalue weighted by Gasteiger charge is 2.40. The molecule has 1 aromatic rings. The highest BCUT2D eigenvalue weighted by atomic mass is 19.1. The first kappa shape index (κ1) is 14.5. The molecule has 20 heavy (non-hydrogen) atoms. The van der Waals surface area contributed by atoms with Gasteiger partial charge in [0, 0.05) is 25.9 Å². The lowest BCUT2D eigenvalue weighted by atomic mass is 9.91. The summed E-state index contributed by atoms with van der Waals surface area (Å²) in [5, 5.41) is 18.7. The SMILES string of the molecule is O=C(Cc1ccccc1F)N1CCC(O)(C(=O)O)CC1. The van der Waals surface area contributed by atoms with Crippen molar-refractivity contribution in [1.82, 2.24) is 4.90 Å². The van der Waals surface area contributed by atoms with Crippen molar-refractivity contribution in [3.8, 4) is 0 Å². The summed E-state index contributed by atoms with van der Waals surface area (Å²) in [6.45, 7) is 0.326. The van der Waals surface area contributed by atoms with Crippen molar-refractivity contribution in [1.29, 1.82) is 0 Å². The minimum Gasteiger partial charge on any atom is -0.479 e. The van der Waals surface area contributed by atoms with Gasteiger partial charge in [-0.15, -0.1) is 0 Å². The standard InChI is InChI=1S/C14H16FNO4/c15-11-4-2-1-3-10(11)9-12(17)16-7-5-14(20,6-8-16)13(18)19/h1-4,20H,5-9H2,(H,18,19). The average molecular weight is 281 g/mol. The number of benzene rings is 1. The van der Waals surface area contributed by atoms with Gasteiger partial charge in [0.25, 0.3) is 0 Å². The second kappa shape index (κ2) is 5.58. The van der Waals surface area contributed by atoms with Gasteiger partial charge in [0.15, 0.2) is 5.60 Å². The number of nitrogens with zero attached hydrogens (tertiary/aromatic N) is 1. The molecular formula is C14H16FNO4. The van der Waals surface area contributed by atoms with Crippen molar-refractivity contribution in [2.45, 2.75) is 24.9 Å². The fourth-order valence-electron chi connectivity index (χ4n) is 2.26. The molecule has 0 saturated carbocycles. The predicted octanol–water partition coefficient (Wildman–Crippen LogP) is 0.806. The summed E-state index contributed by atoms with van der Waals surface area (Å²) in [5.41, 5.74) is -1.44. The smallest absolute Gasteiger partial charge is 0.335 e. The van der Waals surface area contributed by atoms with Gasteiger partial charge in [-0.3, -0.25) is 4.79 Å². The van der Waals surface area contributed by atoms with Crippen LogP contribution in [0, 0.1) is 5.82 Å². The average Bonchev–Trinajstić information content (AvgIpc) is 2.42. The van der Waals surface area contributed by atoms with Gasteiger partial charge in [-0.1, -0.05) is 18.2 Å². The van der Waals surface area contributed by atoms with Gasteiger partial charge < -0.3 is 15.1 Å². The summed E-state index contributed by atoms with van der Waals surface area (Å²) in [4.78, 5) is 24.4. The van der Waals surface area contributed by atoms with Crippen molar-refractivity contribution in [2.24, 2.45) is 0 Å². The van der Waals surface area contributed by atoms with Crippen LogP contribution < -0.4 is 0 Å². The minimum absolute atomic E-state index is 0.00859. The molecule has 1 aliphatic rings. The lowest BCUT2D eigenvalue weighted by molar-refractivity contribution is -0.165. The van der Waals surface area contributed by atoms with Crippen LogP contribution in [0.15, 0.2) is 24.3 Å². The molecule has 0 spiro atoms. The normalized spacial score (nSPS) is 17.8. The van der Waals surface area contributed by atoms with Crippen molar-refractivity contribution >= 4 is 11.9 Å². The van der Waals surface area contributed by atoms with Gasteiger partial charge in [0.1, 0.15) is 5.82 Å². The topological polar surface area (TPSA) is 77.8 Å². The number of hydrogen-bond acceptors (Lipinski definition) is 3. The number of carboxylic acid groups (broad SMARTS) is 1. The van der Waals surface area contributed by atoms with E-state index in [1.807, 2.05) is 0 Å². The van der Waals surface area contributed by atoms with Crippen molar-refractivity contribution in [3.05, 3.63) is 35.6 Å². The summed E-state index contributed by atoms with van der Waals surface area (Å²) in [6, 6.07) is 6.05. The van der Waals surface area contributed by atoms with Crippen LogP contribution in [0.4, 0.5) is 4.39 Å². The molecule has 0 unspecified atom stereocenters. The molecule has 1 saturated heterocycles. The Morgan fingerprint density at radius 3 is 2.40 bits per heavy atom. The van der Waals surface area contributed by atoms with E-state index in [2.05, 4.69) is 0 Å². The van der Waals surface area contributed by atoms with E-state index in [1.54, 1.807) is 18.2 Å². The van der Waals surface area contributed by atoms with E-state index >= 15 is 0 Å². The summed E-state index contributed by atoms with van der Waals surface area (Å²) >= 11 is 0. The van der Waals surface area contributed by atoms with Gasteiger partial charge in [-0.2, -0.15) is 0 Å². The second-order valence-corrected chi connectivity index (χ2v) is 4.99. The van der Waals surface area contributed by atoms with Crippen LogP contribution in [0.1, 0.15) is 18.4 Å². The maximum atomic E-state index is 13.5. The molecule has 1 fully saturated rings. The maximum absolute atomic E-state index is 13.5. The molecule has 108 valence electrons. The van der Waals surface area contributed by atoms with Crippen molar-refractivity contribution in [2.75, 3.05) is 13.1 Å². The van der Waals surface area contributed by atoms with Crippen molar-refractivity contribution < 1.29 is 24.2 Å². The van der Waals surface area contributed by atoms with E-state index in [0.717, 1.165) is 0 Å². The lowest BCUT2D eigenvalue weighted by Gasteiger charge is -2.35. The Bertz CT molecular complexity index is 524. The third kappa shape index (κ3) is 2.96. The molecule has 0 radical (unpaired) electrons. The third-order valence-corrected chi connectivity index (χ3v) is 3.64. The highest BCUT2D eigenvalue weighted by Crippen LogP contribution is 2.23. The first-order valence-electron chi connectivity index (χ1n) is 6.39. The summed E-state index contributed by atoms with van der Waals surface area (Å²) < 4.78 is 13.5. The van der Waals surface area contributed by atoms with E-state index in [9.17, 15) is 19.1 Å². The second-order valence-electron chi connectivity index (χ2n) is 4.99. The van der Waals surface area contributed by atoms with E-state index in [4.69, 9.17) is 5.11 Å². The molecule has 0 aliphatic carbocycles. The van der Waals surface area contributed by atoms with Crippen LogP contribution in [0.2, 0.25) is 0 Å². The Morgan fingerprint density at radius 2 is 1.85 bits per heavy atom. The van der Waals surface area contributed by atoms with Gasteiger partial charge in [0.2, 0.25) is 5.91 Å². The molecule has 1 heterocycles. The summed E-state index contributed by atoms with van der Waals surface area (Å²) in [6.07, 6.45) is -0.0745. The zero-order valence-corrected chi connectivity index (χ0v) is 10.9. The Kier molecular flexibility index (Phi) is 4.04. The molecule has 6 heteroatoms. The third-order valence-electron chi connectivity index (χ3n) is 3.64. The number of carbonyl (C=O) groups is 2. The summed E-state index contributed by atoms with van der Waals surface area (Å²) in [7, 11) is 0. The zero-order valence-electron chi connectivity index (χ0n) is 10.9. The lowest BCUT2D eigenvalue weighted by Crippen LogP contribution is -2.51. The van der Waals surface area contributed by atoms with Crippen LogP contribution in [-0.4, -0.2) is 45.7 Å². The molecular weight excluding hydrogens is 265 g/mol. The number of amides is 1. The predicted molar refractivity (Wildman–Crippen MR) is 68.5 cm³/mol. The number of aliphatic carboxylic acids is 1. The van der Waals surface area contributed by atoms with Crippen molar-refractivity contribution in [3.63, 3.8) is 0 Å². The molecule has 0 bridgehead atoms. The highest BCUT2D eigenvalue weighted by molar-refractivity contribution is 5.80. The Labute approximate surface area is 115 Å². The van der Waals surface area contributed by atoms with E-state index in [-0.39, 0.29) is 38.3 Å². The number of rotatable bonds is 3. The molecule has 5 nitrogen and oxygen atoms in total. The number of halogens is 1. The molecule has 1 aromatic carbocycles.